The van der Waals surface area contributed by atoms with Crippen LogP contribution >= 0.6 is 11.6 Å². The third-order valence-electron chi connectivity index (χ3n) is 7.96. The summed E-state index contributed by atoms with van der Waals surface area (Å²) in [7, 11) is 1.70. The summed E-state index contributed by atoms with van der Waals surface area (Å²) in [5.41, 5.74) is -1.26. The van der Waals surface area contributed by atoms with Crippen LogP contribution in [0.1, 0.15) is 46.5 Å². The Labute approximate surface area is 230 Å². The van der Waals surface area contributed by atoms with E-state index in [0.29, 0.717) is 19.4 Å². The predicted octanol–water partition coefficient (Wildman–Crippen LogP) is 4.56. The van der Waals surface area contributed by atoms with Gasteiger partial charge in [-0.3, -0.25) is 4.90 Å². The number of halogens is 4. The van der Waals surface area contributed by atoms with Crippen LogP contribution in [0.15, 0.2) is 6.20 Å². The Bertz CT molecular complexity index is 1250. The van der Waals surface area contributed by atoms with Crippen molar-refractivity contribution in [1.29, 1.82) is 0 Å². The van der Waals surface area contributed by atoms with Crippen LogP contribution in [0.5, 0.6) is 6.01 Å². The van der Waals surface area contributed by atoms with E-state index in [9.17, 15) is 13.6 Å². The van der Waals surface area contributed by atoms with E-state index >= 15 is 4.39 Å². The predicted molar refractivity (Wildman–Crippen MR) is 140 cm³/mol. The van der Waals surface area contributed by atoms with Gasteiger partial charge in [0.15, 0.2) is 11.0 Å². The number of pyridine rings is 1. The molecule has 5 heterocycles. The molecule has 5 rings (SSSR count). The minimum Gasteiger partial charge on any atom is -0.461 e. The van der Waals surface area contributed by atoms with Gasteiger partial charge in [0.2, 0.25) is 0 Å². The van der Waals surface area contributed by atoms with E-state index in [4.69, 9.17) is 21.1 Å². The summed E-state index contributed by atoms with van der Waals surface area (Å²) in [5.74, 6) is -0.562. The van der Waals surface area contributed by atoms with Gasteiger partial charge in [-0.2, -0.15) is 9.97 Å². The van der Waals surface area contributed by atoms with Gasteiger partial charge in [0.05, 0.1) is 23.0 Å². The number of ether oxygens (including phenoxy) is 2. The molecule has 1 amide bonds. The Kier molecular flexibility index (Phi) is 7.47. The van der Waals surface area contributed by atoms with Gasteiger partial charge in [-0.15, -0.1) is 0 Å². The number of amides is 1. The number of anilines is 1. The lowest BCUT2D eigenvalue weighted by molar-refractivity contribution is 0.0199. The molecule has 3 fully saturated rings. The number of alkyl halides is 2. The topological polar surface area (TPSA) is 83.9 Å². The summed E-state index contributed by atoms with van der Waals surface area (Å²) in [6.07, 6.45) is 2.37. The van der Waals surface area contributed by atoms with Crippen LogP contribution in [-0.4, -0.2) is 100 Å². The van der Waals surface area contributed by atoms with Crippen LogP contribution in [0.25, 0.3) is 10.9 Å². The lowest BCUT2D eigenvalue weighted by Gasteiger charge is -2.34. The molecule has 9 nitrogen and oxygen atoms in total. The zero-order chi connectivity index (χ0) is 28.1. The molecule has 2 aromatic heterocycles. The molecule has 13 heteroatoms. The van der Waals surface area contributed by atoms with Crippen LogP contribution < -0.4 is 9.64 Å². The third-order valence-corrected chi connectivity index (χ3v) is 8.22. The molecular weight excluding hydrogens is 537 g/mol. The molecule has 0 radical (unpaired) electrons. The van der Waals surface area contributed by atoms with Crippen molar-refractivity contribution >= 4 is 34.4 Å². The molecular formula is C26H34ClF3N6O3. The second-order valence-corrected chi connectivity index (χ2v) is 12.0. The molecule has 0 bridgehead atoms. The van der Waals surface area contributed by atoms with Gasteiger partial charge in [-0.1, -0.05) is 11.6 Å². The van der Waals surface area contributed by atoms with Gasteiger partial charge in [0, 0.05) is 32.8 Å². The van der Waals surface area contributed by atoms with Crippen molar-refractivity contribution in [2.75, 3.05) is 44.9 Å². The number of carbonyl (C=O) groups is 1. The average molecular weight is 571 g/mol. The fourth-order valence-corrected chi connectivity index (χ4v) is 6.30. The normalized spacial score (nSPS) is 27.3. The fourth-order valence-electron chi connectivity index (χ4n) is 6.16. The Hall–Kier alpha value is -2.60. The van der Waals surface area contributed by atoms with Gasteiger partial charge in [0.25, 0.3) is 0 Å². The second-order valence-electron chi connectivity index (χ2n) is 11.7. The zero-order valence-electron chi connectivity index (χ0n) is 22.6. The molecule has 0 unspecified atom stereocenters. The van der Waals surface area contributed by atoms with E-state index in [2.05, 4.69) is 19.9 Å². The maximum atomic E-state index is 15.1. The minimum absolute atomic E-state index is 0.0868. The minimum atomic E-state index is -0.927. The summed E-state index contributed by atoms with van der Waals surface area (Å²) >= 11 is 5.96. The van der Waals surface area contributed by atoms with Crippen LogP contribution in [0.4, 0.5) is 23.8 Å². The first-order chi connectivity index (χ1) is 18.4. The molecule has 39 heavy (non-hydrogen) atoms. The second kappa shape index (κ2) is 10.4. The highest BCUT2D eigenvalue weighted by Gasteiger charge is 2.49. The van der Waals surface area contributed by atoms with Crippen molar-refractivity contribution in [3.05, 3.63) is 17.2 Å². The van der Waals surface area contributed by atoms with Crippen LogP contribution in [-0.2, 0) is 4.74 Å². The largest absolute Gasteiger partial charge is 0.461 e. The van der Waals surface area contributed by atoms with Gasteiger partial charge in [-0.25, -0.2) is 22.9 Å². The van der Waals surface area contributed by atoms with E-state index < -0.39 is 48.0 Å². The van der Waals surface area contributed by atoms with Gasteiger partial charge in [-0.05, 0) is 46.6 Å². The molecule has 3 aliphatic rings. The molecule has 0 saturated carbocycles. The number of rotatable bonds is 6. The van der Waals surface area contributed by atoms with Crippen LogP contribution in [0.3, 0.4) is 0 Å². The number of likely N-dealkylation sites (tertiary alicyclic amines) is 1. The molecule has 0 aliphatic carbocycles. The lowest BCUT2D eigenvalue weighted by Crippen LogP contribution is -2.48. The van der Waals surface area contributed by atoms with E-state index in [1.54, 1.807) is 32.7 Å². The van der Waals surface area contributed by atoms with Crippen LogP contribution in [0.2, 0.25) is 5.15 Å². The van der Waals surface area contributed by atoms with Crippen molar-refractivity contribution in [2.45, 2.75) is 75.8 Å². The maximum absolute atomic E-state index is 15.1. The molecule has 2 aromatic rings. The number of fused-ring (bicyclic) bond motifs is 2. The first-order valence-electron chi connectivity index (χ1n) is 13.2. The molecule has 0 spiro atoms. The Morgan fingerprint density at radius 2 is 2.08 bits per heavy atom. The van der Waals surface area contributed by atoms with Gasteiger partial charge >= 0.3 is 12.1 Å². The smallest absolute Gasteiger partial charge is 0.410 e. The first-order valence-corrected chi connectivity index (χ1v) is 13.6. The van der Waals surface area contributed by atoms with E-state index in [-0.39, 0.29) is 41.0 Å². The number of likely N-dealkylation sites (N-methyl/N-ethyl adjacent to an activating group) is 1. The number of carbonyl (C=O) groups excluding carboxylic acids is 1. The monoisotopic (exact) mass is 570 g/mol. The molecule has 4 atom stereocenters. The fraction of sp³-hybridized carbons (Fsp3) is 0.692. The van der Waals surface area contributed by atoms with E-state index in [1.807, 2.05) is 0 Å². The van der Waals surface area contributed by atoms with E-state index in [0.717, 1.165) is 19.4 Å². The van der Waals surface area contributed by atoms with E-state index in [1.165, 1.54) is 11.1 Å². The number of hydrogen-bond donors (Lipinski definition) is 0. The maximum Gasteiger partial charge on any atom is 0.410 e. The third kappa shape index (κ3) is 5.29. The number of hydrogen-bond acceptors (Lipinski definition) is 8. The molecule has 214 valence electrons. The van der Waals surface area contributed by atoms with Crippen LogP contribution in [0, 0.1) is 5.82 Å². The highest BCUT2D eigenvalue weighted by Crippen LogP contribution is 2.41. The Morgan fingerprint density at radius 3 is 2.79 bits per heavy atom. The van der Waals surface area contributed by atoms with Crippen molar-refractivity contribution < 1.29 is 27.4 Å². The first kappa shape index (κ1) is 27.9. The SMILES string of the molecule is CN(c1nc(OC[C@@]23CCCN2C[C@H](F)C3)nc2c(F)c(Cl)ncc12)[C@@H]1CCN(C(=O)OC(C)(C)C)[C@@H]1CF. The lowest BCUT2D eigenvalue weighted by atomic mass is 9.95. The van der Waals surface area contributed by atoms with Gasteiger partial charge in [0.1, 0.15) is 36.4 Å². The zero-order valence-corrected chi connectivity index (χ0v) is 23.3. The highest BCUT2D eigenvalue weighted by molar-refractivity contribution is 6.30. The summed E-state index contributed by atoms with van der Waals surface area (Å²) in [6, 6.07) is -1.39. The number of nitrogens with zero attached hydrogens (tertiary/aromatic N) is 6. The molecule has 3 saturated heterocycles. The Morgan fingerprint density at radius 1 is 1.31 bits per heavy atom. The van der Waals surface area contributed by atoms with Crippen molar-refractivity contribution in [3.63, 3.8) is 0 Å². The molecule has 0 aromatic carbocycles. The van der Waals surface area contributed by atoms with Crippen molar-refractivity contribution in [3.8, 4) is 6.01 Å². The van der Waals surface area contributed by atoms with Crippen molar-refractivity contribution in [2.24, 2.45) is 0 Å². The summed E-state index contributed by atoms with van der Waals surface area (Å²) < 4.78 is 55.2. The standard InChI is InChI=1S/C26H34ClF3N6O3/c1-25(2,3)39-24(37)36-9-6-17(18(36)11-28)34(4)22-16-12-31-21(27)19(30)20(16)32-23(33-22)38-14-26-7-5-8-35(26)13-15(29)10-26/h12,15,17-18H,5-11,13-14H2,1-4H3/t15-,17-,18-,26+/m1/s1. The Balaban J connectivity index is 1.46. The molecule has 0 N–H and O–H groups in total. The summed E-state index contributed by atoms with van der Waals surface area (Å²) in [5, 5.41) is -0.0820. The summed E-state index contributed by atoms with van der Waals surface area (Å²) in [4.78, 5) is 30.7. The van der Waals surface area contributed by atoms with Gasteiger partial charge < -0.3 is 19.3 Å². The summed E-state index contributed by atoms with van der Waals surface area (Å²) in [6.45, 7) is 6.05. The quantitative estimate of drug-likeness (QED) is 0.468. The number of aromatic nitrogens is 3. The molecule has 3 aliphatic heterocycles. The van der Waals surface area contributed by atoms with Crippen molar-refractivity contribution in [1.82, 2.24) is 24.8 Å². The average Bonchev–Trinajstić information content (AvgIpc) is 3.55. The highest BCUT2D eigenvalue weighted by atomic mass is 35.5.